The molecule has 0 radical (unpaired) electrons. The van der Waals surface area contributed by atoms with Gasteiger partial charge in [-0.1, -0.05) is 6.08 Å². The van der Waals surface area contributed by atoms with E-state index in [1.165, 1.54) is 6.08 Å². The Bertz CT molecular complexity index is 288. The minimum absolute atomic E-state index is 0.0232. The van der Waals surface area contributed by atoms with E-state index in [0.29, 0.717) is 25.9 Å². The molecule has 15 heavy (non-hydrogen) atoms. The average molecular weight is 211 g/mol. The minimum atomic E-state index is -0.763. The second kappa shape index (κ2) is 4.47. The van der Waals surface area contributed by atoms with Crippen molar-refractivity contribution in [3.63, 3.8) is 0 Å². The maximum absolute atomic E-state index is 11.5. The second-order valence-corrected chi connectivity index (χ2v) is 4.19. The molecule has 1 aliphatic rings. The first-order valence-corrected chi connectivity index (χ1v) is 5.14. The summed E-state index contributed by atoms with van der Waals surface area (Å²) in [6.07, 6.45) is 4.29. The molecule has 0 unspecified atom stereocenters. The number of piperidine rings is 1. The van der Waals surface area contributed by atoms with Crippen molar-refractivity contribution >= 4 is 11.9 Å². The van der Waals surface area contributed by atoms with Gasteiger partial charge in [-0.15, -0.1) is 0 Å². The summed E-state index contributed by atoms with van der Waals surface area (Å²) in [5.74, 6) is -0.787. The smallest absolute Gasteiger partial charge is 0.309 e. The molecule has 1 rings (SSSR count). The Morgan fingerprint density at radius 1 is 1.33 bits per heavy atom. The Morgan fingerprint density at radius 3 is 2.27 bits per heavy atom. The van der Waals surface area contributed by atoms with Gasteiger partial charge in [-0.25, -0.2) is 0 Å². The van der Waals surface area contributed by atoms with Crippen molar-refractivity contribution in [3.05, 3.63) is 12.2 Å². The van der Waals surface area contributed by atoms with E-state index in [-0.39, 0.29) is 5.91 Å². The molecule has 0 aromatic heterocycles. The van der Waals surface area contributed by atoms with Crippen LogP contribution in [-0.4, -0.2) is 35.0 Å². The Kier molecular flexibility index (Phi) is 3.50. The van der Waals surface area contributed by atoms with Crippen LogP contribution in [0, 0.1) is 5.41 Å². The van der Waals surface area contributed by atoms with Crippen LogP contribution < -0.4 is 0 Å². The third-order valence-corrected chi connectivity index (χ3v) is 3.00. The summed E-state index contributed by atoms with van der Waals surface area (Å²) in [5.41, 5.74) is -0.660. The molecular formula is C11H17NO3. The van der Waals surface area contributed by atoms with Gasteiger partial charge >= 0.3 is 5.97 Å². The van der Waals surface area contributed by atoms with Crippen molar-refractivity contribution < 1.29 is 14.7 Å². The van der Waals surface area contributed by atoms with Crippen LogP contribution in [0.15, 0.2) is 12.2 Å². The van der Waals surface area contributed by atoms with E-state index in [2.05, 4.69) is 0 Å². The monoisotopic (exact) mass is 211 g/mol. The fraction of sp³-hybridized carbons (Fsp3) is 0.636. The number of allylic oxidation sites excluding steroid dienone is 1. The number of rotatable bonds is 2. The van der Waals surface area contributed by atoms with Gasteiger partial charge in [-0.2, -0.15) is 0 Å². The molecule has 0 aromatic carbocycles. The van der Waals surface area contributed by atoms with Crippen molar-refractivity contribution in [1.29, 1.82) is 0 Å². The molecule has 1 amide bonds. The Balaban J connectivity index is 2.56. The lowest BCUT2D eigenvalue weighted by atomic mass is 9.80. The van der Waals surface area contributed by atoms with E-state index >= 15 is 0 Å². The lowest BCUT2D eigenvalue weighted by Crippen LogP contribution is -2.44. The number of carboxylic acids is 1. The number of hydrogen-bond acceptors (Lipinski definition) is 2. The van der Waals surface area contributed by atoms with Gasteiger partial charge in [0.2, 0.25) is 5.91 Å². The van der Waals surface area contributed by atoms with Crippen LogP contribution >= 0.6 is 0 Å². The lowest BCUT2D eigenvalue weighted by molar-refractivity contribution is -0.152. The van der Waals surface area contributed by atoms with Crippen molar-refractivity contribution in [2.45, 2.75) is 26.7 Å². The van der Waals surface area contributed by atoms with Gasteiger partial charge < -0.3 is 10.0 Å². The normalized spacial score (nSPS) is 20.5. The van der Waals surface area contributed by atoms with Gasteiger partial charge in [-0.3, -0.25) is 9.59 Å². The highest BCUT2D eigenvalue weighted by Crippen LogP contribution is 2.30. The van der Waals surface area contributed by atoms with E-state index in [9.17, 15) is 9.59 Å². The van der Waals surface area contributed by atoms with Gasteiger partial charge in [0.25, 0.3) is 0 Å². The van der Waals surface area contributed by atoms with Crippen LogP contribution in [0.2, 0.25) is 0 Å². The van der Waals surface area contributed by atoms with Crippen molar-refractivity contribution in [1.82, 2.24) is 4.90 Å². The van der Waals surface area contributed by atoms with Gasteiger partial charge in [0, 0.05) is 13.1 Å². The summed E-state index contributed by atoms with van der Waals surface area (Å²) < 4.78 is 0. The van der Waals surface area contributed by atoms with E-state index < -0.39 is 11.4 Å². The molecule has 0 spiro atoms. The van der Waals surface area contributed by atoms with Crippen LogP contribution in [0.25, 0.3) is 0 Å². The predicted octanol–water partition coefficient (Wildman–Crippen LogP) is 1.28. The van der Waals surface area contributed by atoms with Crippen LogP contribution in [0.3, 0.4) is 0 Å². The van der Waals surface area contributed by atoms with Crippen LogP contribution in [0.1, 0.15) is 26.7 Å². The van der Waals surface area contributed by atoms with E-state index in [0.717, 1.165) is 0 Å². The molecule has 0 aromatic rings. The largest absolute Gasteiger partial charge is 0.481 e. The van der Waals surface area contributed by atoms with E-state index in [1.807, 2.05) is 0 Å². The zero-order valence-corrected chi connectivity index (χ0v) is 9.19. The van der Waals surface area contributed by atoms with Gasteiger partial charge in [-0.05, 0) is 32.8 Å². The molecule has 1 fully saturated rings. The summed E-state index contributed by atoms with van der Waals surface area (Å²) in [4.78, 5) is 24.1. The SMILES string of the molecule is CC=CC(=O)N1CCC(C)(C(=O)O)CC1. The topological polar surface area (TPSA) is 57.6 Å². The molecule has 4 nitrogen and oxygen atoms in total. The van der Waals surface area contributed by atoms with Crippen molar-refractivity contribution in [2.24, 2.45) is 5.41 Å². The minimum Gasteiger partial charge on any atom is -0.481 e. The van der Waals surface area contributed by atoms with Gasteiger partial charge in [0.15, 0.2) is 0 Å². The summed E-state index contributed by atoms with van der Waals surface area (Å²) in [6.45, 7) is 4.61. The molecule has 84 valence electrons. The Morgan fingerprint density at radius 2 is 1.87 bits per heavy atom. The molecule has 1 saturated heterocycles. The van der Waals surface area contributed by atoms with Crippen LogP contribution in [-0.2, 0) is 9.59 Å². The first-order chi connectivity index (χ1) is 6.99. The van der Waals surface area contributed by atoms with E-state index in [1.54, 1.807) is 24.8 Å². The number of carbonyl (C=O) groups is 2. The molecule has 0 aliphatic carbocycles. The summed E-state index contributed by atoms with van der Waals surface area (Å²) in [5, 5.41) is 9.01. The zero-order chi connectivity index (χ0) is 11.5. The highest BCUT2D eigenvalue weighted by Gasteiger charge is 2.37. The number of likely N-dealkylation sites (tertiary alicyclic amines) is 1. The molecule has 0 atom stereocenters. The highest BCUT2D eigenvalue weighted by molar-refractivity contribution is 5.87. The standard InChI is InChI=1S/C11H17NO3/c1-3-4-9(13)12-7-5-11(2,6-8-12)10(14)15/h3-4H,5-8H2,1-2H3,(H,14,15). The first-order valence-electron chi connectivity index (χ1n) is 5.14. The van der Waals surface area contributed by atoms with Crippen molar-refractivity contribution in [2.75, 3.05) is 13.1 Å². The maximum atomic E-state index is 11.5. The fourth-order valence-corrected chi connectivity index (χ4v) is 1.68. The number of carbonyl (C=O) groups excluding carboxylic acids is 1. The highest BCUT2D eigenvalue weighted by atomic mass is 16.4. The molecule has 0 bridgehead atoms. The third kappa shape index (κ3) is 2.58. The molecule has 1 heterocycles. The molecule has 1 N–H and O–H groups in total. The summed E-state index contributed by atoms with van der Waals surface area (Å²) in [7, 11) is 0. The summed E-state index contributed by atoms with van der Waals surface area (Å²) in [6, 6.07) is 0. The Labute approximate surface area is 89.6 Å². The van der Waals surface area contributed by atoms with Crippen LogP contribution in [0.4, 0.5) is 0 Å². The number of aliphatic carboxylic acids is 1. The Hall–Kier alpha value is -1.32. The number of nitrogens with zero attached hydrogens (tertiary/aromatic N) is 1. The first kappa shape index (κ1) is 11.8. The quantitative estimate of drug-likeness (QED) is 0.700. The lowest BCUT2D eigenvalue weighted by Gasteiger charge is -2.35. The van der Waals surface area contributed by atoms with Gasteiger partial charge in [0.1, 0.15) is 0 Å². The average Bonchev–Trinajstić information content (AvgIpc) is 2.19. The molecule has 0 saturated carbocycles. The molecule has 1 aliphatic heterocycles. The van der Waals surface area contributed by atoms with Gasteiger partial charge in [0.05, 0.1) is 5.41 Å². The number of carboxylic acid groups (broad SMARTS) is 1. The third-order valence-electron chi connectivity index (χ3n) is 3.00. The maximum Gasteiger partial charge on any atom is 0.309 e. The van der Waals surface area contributed by atoms with Crippen molar-refractivity contribution in [3.8, 4) is 0 Å². The second-order valence-electron chi connectivity index (χ2n) is 4.19. The number of hydrogen-bond donors (Lipinski definition) is 1. The van der Waals surface area contributed by atoms with Crippen LogP contribution in [0.5, 0.6) is 0 Å². The number of amides is 1. The molecular weight excluding hydrogens is 194 g/mol. The van der Waals surface area contributed by atoms with E-state index in [4.69, 9.17) is 5.11 Å². The fourth-order valence-electron chi connectivity index (χ4n) is 1.68. The summed E-state index contributed by atoms with van der Waals surface area (Å²) >= 11 is 0. The molecule has 4 heteroatoms. The zero-order valence-electron chi connectivity index (χ0n) is 9.19. The predicted molar refractivity (Wildman–Crippen MR) is 56.4 cm³/mol.